The molecule has 1 saturated carbocycles. The number of ketones is 1. The molecule has 10 atom stereocenters. The van der Waals surface area contributed by atoms with E-state index in [4.69, 9.17) is 9.47 Å². The summed E-state index contributed by atoms with van der Waals surface area (Å²) in [6, 6.07) is 6.59. The summed E-state index contributed by atoms with van der Waals surface area (Å²) >= 11 is 0. The van der Waals surface area contributed by atoms with E-state index in [2.05, 4.69) is 25.1 Å². The zero-order valence-electron chi connectivity index (χ0n) is 20.5. The van der Waals surface area contributed by atoms with Crippen LogP contribution in [0.1, 0.15) is 81.9 Å². The molecule has 1 aromatic carbocycles. The van der Waals surface area contributed by atoms with Crippen LogP contribution < -0.4 is 0 Å². The molecule has 2 heterocycles. The Morgan fingerprint density at radius 1 is 1.18 bits per heavy atom. The molecule has 2 saturated heterocycles. The summed E-state index contributed by atoms with van der Waals surface area (Å²) in [6.45, 7) is 7.14. The van der Waals surface area contributed by atoms with Crippen LogP contribution in [0.5, 0.6) is 0 Å². The van der Waals surface area contributed by atoms with E-state index in [0.29, 0.717) is 5.92 Å². The molecule has 0 radical (unpaired) electrons. The maximum Gasteiger partial charge on any atom is 0.186 e. The van der Waals surface area contributed by atoms with Gasteiger partial charge in [-0.2, -0.15) is 0 Å². The molecule has 3 aliphatic carbocycles. The van der Waals surface area contributed by atoms with Crippen molar-refractivity contribution in [2.24, 2.45) is 11.3 Å². The monoisotopic (exact) mass is 468 g/mol. The first-order valence-corrected chi connectivity index (χ1v) is 12.7. The summed E-state index contributed by atoms with van der Waals surface area (Å²) in [5.41, 5.74) is -0.174. The molecule has 2 aliphatic heterocycles. The van der Waals surface area contributed by atoms with Crippen molar-refractivity contribution in [3.05, 3.63) is 47.0 Å². The molecule has 6 heteroatoms. The summed E-state index contributed by atoms with van der Waals surface area (Å²) in [5, 5.41) is 31.6. The SMILES string of the molecule is C[C@@H](c1ccc2c(c1)CC[C@H]1[C@H]2C[C@@H]2O[C@@]23CC=CC(=O)[C@]13C)C1C[C@@](C)(O)[C@](C)(O)[C@H](O)O1. The van der Waals surface area contributed by atoms with Crippen molar-refractivity contribution in [2.75, 3.05) is 0 Å². The quantitative estimate of drug-likeness (QED) is 0.577. The van der Waals surface area contributed by atoms with Gasteiger partial charge in [0.1, 0.15) is 11.2 Å². The Hall–Kier alpha value is -1.57. The van der Waals surface area contributed by atoms with Crippen molar-refractivity contribution in [3.63, 3.8) is 0 Å². The highest BCUT2D eigenvalue weighted by Crippen LogP contribution is 2.69. The van der Waals surface area contributed by atoms with Crippen LogP contribution in [0.3, 0.4) is 0 Å². The fourth-order valence-corrected chi connectivity index (χ4v) is 7.67. The first kappa shape index (κ1) is 22.9. The van der Waals surface area contributed by atoms with E-state index < -0.39 is 29.0 Å². The van der Waals surface area contributed by atoms with Gasteiger partial charge in [-0.05, 0) is 81.1 Å². The molecule has 1 unspecified atom stereocenters. The van der Waals surface area contributed by atoms with Gasteiger partial charge in [-0.3, -0.25) is 4.79 Å². The molecule has 0 aromatic heterocycles. The maximum absolute atomic E-state index is 13.2. The number of benzene rings is 1. The van der Waals surface area contributed by atoms with Crippen LogP contribution in [0.4, 0.5) is 0 Å². The van der Waals surface area contributed by atoms with Crippen LogP contribution in [0.25, 0.3) is 0 Å². The number of aryl methyl sites for hydroxylation is 1. The molecule has 34 heavy (non-hydrogen) atoms. The first-order valence-electron chi connectivity index (χ1n) is 12.7. The van der Waals surface area contributed by atoms with Crippen molar-refractivity contribution in [2.45, 2.75) is 107 Å². The summed E-state index contributed by atoms with van der Waals surface area (Å²) < 4.78 is 12.1. The van der Waals surface area contributed by atoms with E-state index >= 15 is 0 Å². The van der Waals surface area contributed by atoms with Crippen LogP contribution in [0, 0.1) is 11.3 Å². The van der Waals surface area contributed by atoms with E-state index in [9.17, 15) is 20.1 Å². The number of allylic oxidation sites excluding steroid dienone is 1. The predicted octanol–water partition coefficient (Wildman–Crippen LogP) is 3.12. The van der Waals surface area contributed by atoms with Crippen LogP contribution in [0.15, 0.2) is 30.4 Å². The Bertz CT molecular complexity index is 1070. The van der Waals surface area contributed by atoms with Crippen LogP contribution >= 0.6 is 0 Å². The van der Waals surface area contributed by atoms with Gasteiger partial charge in [0.05, 0.1) is 23.2 Å². The van der Waals surface area contributed by atoms with Crippen molar-refractivity contribution in [3.8, 4) is 0 Å². The number of carbonyl (C=O) groups excluding carboxylic acids is 1. The fraction of sp³-hybridized carbons (Fsp3) is 0.679. The molecule has 184 valence electrons. The van der Waals surface area contributed by atoms with Gasteiger partial charge in [-0.15, -0.1) is 0 Å². The zero-order chi connectivity index (χ0) is 24.3. The van der Waals surface area contributed by atoms with Crippen LogP contribution in [0.2, 0.25) is 0 Å². The summed E-state index contributed by atoms with van der Waals surface area (Å²) in [7, 11) is 0. The van der Waals surface area contributed by atoms with Crippen molar-refractivity contribution >= 4 is 5.78 Å². The van der Waals surface area contributed by atoms with Gasteiger partial charge in [-0.25, -0.2) is 0 Å². The number of fused-ring (bicyclic) bond motifs is 4. The second-order valence-corrected chi connectivity index (χ2v) is 12.1. The number of carbonyl (C=O) groups is 1. The molecule has 6 nitrogen and oxygen atoms in total. The number of hydrogen-bond donors (Lipinski definition) is 3. The van der Waals surface area contributed by atoms with Crippen molar-refractivity contribution in [1.29, 1.82) is 0 Å². The van der Waals surface area contributed by atoms with Gasteiger partial charge in [-0.1, -0.05) is 31.2 Å². The van der Waals surface area contributed by atoms with Gasteiger partial charge in [0.2, 0.25) is 0 Å². The van der Waals surface area contributed by atoms with Crippen molar-refractivity contribution in [1.82, 2.24) is 0 Å². The third-order valence-corrected chi connectivity index (χ3v) is 10.4. The molecule has 0 amide bonds. The summed E-state index contributed by atoms with van der Waals surface area (Å²) in [4.78, 5) is 13.2. The van der Waals surface area contributed by atoms with Gasteiger partial charge >= 0.3 is 0 Å². The average Bonchev–Trinajstić information content (AvgIpc) is 3.50. The Labute approximate surface area is 201 Å². The van der Waals surface area contributed by atoms with Crippen molar-refractivity contribution < 1.29 is 29.6 Å². The lowest BCUT2D eigenvalue weighted by molar-refractivity contribution is -0.321. The number of ether oxygens (including phenoxy) is 2. The molecule has 1 aromatic rings. The van der Waals surface area contributed by atoms with Crippen LogP contribution in [-0.2, 0) is 20.7 Å². The largest absolute Gasteiger partial charge is 0.387 e. The Balaban J connectivity index is 1.28. The number of aliphatic hydroxyl groups excluding tert-OH is 1. The van der Waals surface area contributed by atoms with E-state index in [1.54, 1.807) is 13.0 Å². The van der Waals surface area contributed by atoms with E-state index in [-0.39, 0.29) is 35.7 Å². The van der Waals surface area contributed by atoms with Crippen LogP contribution in [-0.4, -0.2) is 56.4 Å². The molecule has 1 spiro atoms. The second-order valence-electron chi connectivity index (χ2n) is 12.1. The fourth-order valence-electron chi connectivity index (χ4n) is 7.67. The maximum atomic E-state index is 13.2. The smallest absolute Gasteiger partial charge is 0.186 e. The molecule has 3 fully saturated rings. The molecular weight excluding hydrogens is 432 g/mol. The molecular formula is C28H36O6. The highest BCUT2D eigenvalue weighted by Gasteiger charge is 2.75. The van der Waals surface area contributed by atoms with Gasteiger partial charge < -0.3 is 24.8 Å². The minimum absolute atomic E-state index is 0.0615. The third kappa shape index (κ3) is 2.78. The molecule has 0 bridgehead atoms. The Morgan fingerprint density at radius 3 is 2.68 bits per heavy atom. The normalized spacial score (nSPS) is 50.0. The topological polar surface area (TPSA) is 99.5 Å². The average molecular weight is 469 g/mol. The second kappa shape index (κ2) is 7.01. The Morgan fingerprint density at radius 2 is 1.94 bits per heavy atom. The van der Waals surface area contributed by atoms with E-state index in [1.165, 1.54) is 18.1 Å². The number of epoxide rings is 1. The van der Waals surface area contributed by atoms with Gasteiger partial charge in [0.15, 0.2) is 12.1 Å². The molecule has 3 N–H and O–H groups in total. The number of aliphatic hydroxyl groups is 3. The minimum atomic E-state index is -1.73. The van der Waals surface area contributed by atoms with Gasteiger partial charge in [0.25, 0.3) is 0 Å². The summed E-state index contributed by atoms with van der Waals surface area (Å²) in [5.74, 6) is 0.764. The van der Waals surface area contributed by atoms with Gasteiger partial charge in [0, 0.05) is 12.3 Å². The molecule has 6 rings (SSSR count). The zero-order valence-corrected chi connectivity index (χ0v) is 20.5. The summed E-state index contributed by atoms with van der Waals surface area (Å²) in [6.07, 6.45) is 6.00. The minimum Gasteiger partial charge on any atom is -0.387 e. The first-order chi connectivity index (χ1) is 15.9. The number of hydrogen-bond acceptors (Lipinski definition) is 6. The van der Waals surface area contributed by atoms with E-state index in [1.807, 2.05) is 13.0 Å². The Kier molecular flexibility index (Phi) is 4.72. The molecule has 5 aliphatic rings. The predicted molar refractivity (Wildman–Crippen MR) is 125 cm³/mol. The highest BCUT2D eigenvalue weighted by molar-refractivity contribution is 5.98. The third-order valence-electron chi connectivity index (χ3n) is 10.4. The lowest BCUT2D eigenvalue weighted by atomic mass is 9.49. The highest BCUT2D eigenvalue weighted by atomic mass is 16.6. The lowest BCUT2D eigenvalue weighted by Gasteiger charge is -2.51. The van der Waals surface area contributed by atoms with E-state index in [0.717, 1.165) is 31.2 Å². The number of rotatable bonds is 2. The standard InChI is InChI=1S/C28H36O6/c1-15(21-14-25(2,31)27(4,32)24(30)33-21)16-7-9-18-17(12-16)8-10-20-19(18)13-23-28(34-23)11-5-6-22(29)26(20,28)3/h5-7,9,12,15,19-21,23-24,30-32H,8,10-11,13-14H2,1-4H3/t15-,19-,20-,21?,23-,24+,25+,26-,27+,28-/m0/s1. The lowest BCUT2D eigenvalue weighted by Crippen LogP contribution is -2.64.